The monoisotopic (exact) mass is 239 g/mol. The molecule has 0 radical (unpaired) electrons. The van der Waals surface area contributed by atoms with Crippen LogP contribution in [-0.2, 0) is 0 Å². The Bertz CT molecular complexity index is 299. The summed E-state index contributed by atoms with van der Waals surface area (Å²) in [4.78, 5) is 1.24. The summed E-state index contributed by atoms with van der Waals surface area (Å²) < 4.78 is 0. The lowest BCUT2D eigenvalue weighted by Crippen LogP contribution is -2.08. The maximum Gasteiger partial charge on any atom is 0.0464 e. The van der Waals surface area contributed by atoms with Gasteiger partial charge in [0.1, 0.15) is 0 Å². The highest BCUT2D eigenvalue weighted by Gasteiger charge is 2.04. The molecule has 0 fully saturated rings. The van der Waals surface area contributed by atoms with Crippen molar-refractivity contribution in [2.45, 2.75) is 31.2 Å². The molecule has 90 valence electrons. The summed E-state index contributed by atoms with van der Waals surface area (Å²) in [5, 5.41) is 8.93. The zero-order valence-corrected chi connectivity index (χ0v) is 10.8. The maximum absolute atomic E-state index is 8.93. The van der Waals surface area contributed by atoms with Crippen LogP contribution in [0, 0.1) is 5.92 Å². The third kappa shape index (κ3) is 4.16. The second kappa shape index (κ2) is 6.94. The summed E-state index contributed by atoms with van der Waals surface area (Å²) in [6, 6.07) is 8.56. The van der Waals surface area contributed by atoms with Crippen LogP contribution in [0.25, 0.3) is 0 Å². The van der Waals surface area contributed by atoms with Crippen molar-refractivity contribution in [3.8, 4) is 0 Å². The summed E-state index contributed by atoms with van der Waals surface area (Å²) >= 11 is 1.78. The molecule has 0 aliphatic carbocycles. The fourth-order valence-corrected chi connectivity index (χ4v) is 2.25. The molecule has 1 unspecified atom stereocenters. The van der Waals surface area contributed by atoms with E-state index in [1.807, 2.05) is 6.92 Å². The summed E-state index contributed by atoms with van der Waals surface area (Å²) in [6.07, 6.45) is 0.966. The van der Waals surface area contributed by atoms with E-state index in [0.717, 1.165) is 12.2 Å². The Balaban J connectivity index is 2.51. The van der Waals surface area contributed by atoms with Gasteiger partial charge in [0.15, 0.2) is 0 Å². The Hall–Kier alpha value is -0.510. The summed E-state index contributed by atoms with van der Waals surface area (Å²) in [6.45, 7) is 4.40. The largest absolute Gasteiger partial charge is 0.396 e. The molecule has 0 saturated carbocycles. The number of rotatable bonds is 6. The predicted molar refractivity (Wildman–Crippen MR) is 70.6 cm³/mol. The highest BCUT2D eigenvalue weighted by atomic mass is 32.2. The van der Waals surface area contributed by atoms with E-state index in [9.17, 15) is 0 Å². The Morgan fingerprint density at radius 2 is 1.94 bits per heavy atom. The molecule has 0 aromatic heterocycles. The van der Waals surface area contributed by atoms with Crippen molar-refractivity contribution in [3.05, 3.63) is 29.8 Å². The average molecular weight is 239 g/mol. The molecule has 0 heterocycles. The van der Waals surface area contributed by atoms with Gasteiger partial charge in [-0.2, -0.15) is 0 Å². The highest BCUT2D eigenvalue weighted by molar-refractivity contribution is 7.99. The molecule has 2 atom stereocenters. The number of benzene rings is 1. The van der Waals surface area contributed by atoms with Crippen molar-refractivity contribution in [2.75, 3.05) is 12.4 Å². The van der Waals surface area contributed by atoms with Crippen LogP contribution in [0.5, 0.6) is 0 Å². The molecule has 3 N–H and O–H groups in total. The Morgan fingerprint density at radius 1 is 1.31 bits per heavy atom. The third-order valence-electron chi connectivity index (χ3n) is 2.59. The van der Waals surface area contributed by atoms with Crippen LogP contribution in [0.2, 0.25) is 0 Å². The first kappa shape index (κ1) is 13.6. The zero-order valence-electron chi connectivity index (χ0n) is 10.0. The van der Waals surface area contributed by atoms with Crippen LogP contribution < -0.4 is 5.73 Å². The molecule has 0 bridgehead atoms. The van der Waals surface area contributed by atoms with Crippen molar-refractivity contribution in [1.82, 2.24) is 0 Å². The lowest BCUT2D eigenvalue weighted by molar-refractivity contribution is 0.250. The van der Waals surface area contributed by atoms with Gasteiger partial charge in [0.2, 0.25) is 0 Å². The van der Waals surface area contributed by atoms with Crippen LogP contribution >= 0.6 is 11.8 Å². The SMILES string of the molecule is CC[C@@H](N)c1ccc(SCC(C)CO)cc1. The van der Waals surface area contributed by atoms with E-state index in [2.05, 4.69) is 31.2 Å². The van der Waals surface area contributed by atoms with Gasteiger partial charge in [-0.3, -0.25) is 0 Å². The van der Waals surface area contributed by atoms with Crippen molar-refractivity contribution < 1.29 is 5.11 Å². The van der Waals surface area contributed by atoms with Gasteiger partial charge in [-0.25, -0.2) is 0 Å². The number of hydrogen-bond donors (Lipinski definition) is 2. The van der Waals surface area contributed by atoms with E-state index < -0.39 is 0 Å². The molecular formula is C13H21NOS. The van der Waals surface area contributed by atoms with E-state index in [0.29, 0.717) is 5.92 Å². The third-order valence-corrected chi connectivity index (χ3v) is 3.94. The van der Waals surface area contributed by atoms with E-state index in [4.69, 9.17) is 10.8 Å². The van der Waals surface area contributed by atoms with Crippen LogP contribution in [0.1, 0.15) is 31.9 Å². The van der Waals surface area contributed by atoms with E-state index >= 15 is 0 Å². The van der Waals surface area contributed by atoms with Gasteiger partial charge in [-0.1, -0.05) is 26.0 Å². The van der Waals surface area contributed by atoms with E-state index in [1.54, 1.807) is 11.8 Å². The number of aliphatic hydroxyl groups excluding tert-OH is 1. The summed E-state index contributed by atoms with van der Waals surface area (Å²) in [5.74, 6) is 1.30. The maximum atomic E-state index is 8.93. The van der Waals surface area contributed by atoms with Crippen molar-refractivity contribution >= 4 is 11.8 Å². The van der Waals surface area contributed by atoms with E-state index in [1.165, 1.54) is 10.5 Å². The summed E-state index contributed by atoms with van der Waals surface area (Å²) in [7, 11) is 0. The van der Waals surface area contributed by atoms with Gasteiger partial charge in [-0.05, 0) is 30.0 Å². The van der Waals surface area contributed by atoms with E-state index in [-0.39, 0.29) is 12.6 Å². The predicted octanol–water partition coefficient (Wildman–Crippen LogP) is 2.82. The van der Waals surface area contributed by atoms with Crippen LogP contribution in [0.4, 0.5) is 0 Å². The Morgan fingerprint density at radius 3 is 2.44 bits per heavy atom. The van der Waals surface area contributed by atoms with Gasteiger partial charge in [0.05, 0.1) is 0 Å². The highest BCUT2D eigenvalue weighted by Crippen LogP contribution is 2.23. The lowest BCUT2D eigenvalue weighted by atomic mass is 10.1. The molecule has 0 aliphatic heterocycles. The average Bonchev–Trinajstić information content (AvgIpc) is 2.35. The second-order valence-corrected chi connectivity index (χ2v) is 5.28. The smallest absolute Gasteiger partial charge is 0.0464 e. The van der Waals surface area contributed by atoms with Gasteiger partial charge in [0.25, 0.3) is 0 Å². The minimum absolute atomic E-state index is 0.149. The number of thioether (sulfide) groups is 1. The zero-order chi connectivity index (χ0) is 12.0. The van der Waals surface area contributed by atoms with Gasteiger partial charge < -0.3 is 10.8 Å². The second-order valence-electron chi connectivity index (χ2n) is 4.18. The Labute approximate surface area is 102 Å². The number of aliphatic hydroxyl groups is 1. The minimum Gasteiger partial charge on any atom is -0.396 e. The van der Waals surface area contributed by atoms with Crippen LogP contribution in [0.15, 0.2) is 29.2 Å². The molecule has 3 heteroatoms. The van der Waals surface area contributed by atoms with Crippen LogP contribution in [-0.4, -0.2) is 17.5 Å². The first-order valence-corrected chi connectivity index (χ1v) is 6.75. The first-order chi connectivity index (χ1) is 7.67. The van der Waals surface area contributed by atoms with Gasteiger partial charge >= 0.3 is 0 Å². The molecule has 1 rings (SSSR count). The first-order valence-electron chi connectivity index (χ1n) is 5.76. The quantitative estimate of drug-likeness (QED) is 0.750. The summed E-state index contributed by atoms with van der Waals surface area (Å²) in [5.41, 5.74) is 7.14. The van der Waals surface area contributed by atoms with Crippen molar-refractivity contribution in [1.29, 1.82) is 0 Å². The normalized spacial score (nSPS) is 14.8. The molecule has 1 aromatic rings. The minimum atomic E-state index is 0.149. The number of hydrogen-bond acceptors (Lipinski definition) is 3. The molecule has 0 saturated heterocycles. The van der Waals surface area contributed by atoms with Crippen molar-refractivity contribution in [3.63, 3.8) is 0 Å². The molecule has 0 amide bonds. The van der Waals surface area contributed by atoms with Crippen LogP contribution in [0.3, 0.4) is 0 Å². The standard InChI is InChI=1S/C13H21NOS/c1-3-13(14)11-4-6-12(7-5-11)16-9-10(2)8-15/h4-7,10,13,15H,3,8-9,14H2,1-2H3/t10?,13-/m1/s1. The fourth-order valence-electron chi connectivity index (χ4n) is 1.34. The molecular weight excluding hydrogens is 218 g/mol. The Kier molecular flexibility index (Phi) is 5.88. The lowest BCUT2D eigenvalue weighted by Gasteiger charge is -2.10. The van der Waals surface area contributed by atoms with Gasteiger partial charge in [-0.15, -0.1) is 11.8 Å². The molecule has 2 nitrogen and oxygen atoms in total. The molecule has 0 spiro atoms. The fraction of sp³-hybridized carbons (Fsp3) is 0.538. The number of nitrogens with two attached hydrogens (primary N) is 1. The topological polar surface area (TPSA) is 46.2 Å². The molecule has 1 aromatic carbocycles. The van der Waals surface area contributed by atoms with Crippen molar-refractivity contribution in [2.24, 2.45) is 11.7 Å². The van der Waals surface area contributed by atoms with Gasteiger partial charge in [0, 0.05) is 23.3 Å². The molecule has 0 aliphatic rings. The molecule has 16 heavy (non-hydrogen) atoms.